The van der Waals surface area contributed by atoms with Crippen molar-refractivity contribution in [2.75, 3.05) is 7.05 Å². The van der Waals surface area contributed by atoms with Gasteiger partial charge in [0.2, 0.25) is 0 Å². The molecule has 0 heterocycles. The van der Waals surface area contributed by atoms with Gasteiger partial charge in [0, 0.05) is 7.05 Å². The fourth-order valence-corrected chi connectivity index (χ4v) is 1.24. The second-order valence-electron chi connectivity index (χ2n) is 3.77. The van der Waals surface area contributed by atoms with Crippen molar-refractivity contribution < 1.29 is 0 Å². The molecule has 1 aromatic carbocycles. The third-order valence-corrected chi connectivity index (χ3v) is 2.51. The number of nitrogens with zero attached hydrogens (tertiary/aromatic N) is 1. The second-order valence-corrected chi connectivity index (χ2v) is 4.18. The molecule has 0 saturated heterocycles. The number of hydrogen-bond acceptors (Lipinski definition) is 2. The Morgan fingerprint density at radius 3 is 2.44 bits per heavy atom. The Hall–Kier alpha value is -1.42. The maximum atomic E-state index is 4.89. The van der Waals surface area contributed by atoms with Crippen molar-refractivity contribution in [2.45, 2.75) is 19.8 Å². The minimum atomic E-state index is 0.509. The molecule has 0 aliphatic heterocycles. The molecular formula is C12H17N3S. The summed E-state index contributed by atoms with van der Waals surface area (Å²) in [7, 11) is 1.75. The molecule has 0 saturated carbocycles. The van der Waals surface area contributed by atoms with Crippen LogP contribution in [0.1, 0.15) is 30.9 Å². The first-order chi connectivity index (χ1) is 7.63. The van der Waals surface area contributed by atoms with Crippen LogP contribution < -0.4 is 10.7 Å². The van der Waals surface area contributed by atoms with Crippen LogP contribution in [0.25, 0.3) is 0 Å². The van der Waals surface area contributed by atoms with Crippen LogP contribution in [0.2, 0.25) is 0 Å². The van der Waals surface area contributed by atoms with Crippen molar-refractivity contribution in [1.29, 1.82) is 0 Å². The molecule has 0 spiro atoms. The number of hydrogen-bond donors (Lipinski definition) is 2. The SMILES string of the molecule is CNC(=S)N/N=C\c1ccc(C(C)C)cc1. The van der Waals surface area contributed by atoms with Crippen LogP contribution in [0.15, 0.2) is 29.4 Å². The first kappa shape index (κ1) is 12.6. The third kappa shape index (κ3) is 3.98. The lowest BCUT2D eigenvalue weighted by atomic mass is 10.0. The molecule has 0 radical (unpaired) electrons. The Kier molecular flexibility index (Phi) is 4.92. The molecule has 2 N–H and O–H groups in total. The number of benzene rings is 1. The van der Waals surface area contributed by atoms with E-state index in [1.165, 1.54) is 5.56 Å². The van der Waals surface area contributed by atoms with E-state index >= 15 is 0 Å². The van der Waals surface area contributed by atoms with E-state index in [1.54, 1.807) is 13.3 Å². The van der Waals surface area contributed by atoms with Crippen molar-refractivity contribution in [3.05, 3.63) is 35.4 Å². The zero-order valence-electron chi connectivity index (χ0n) is 9.82. The summed E-state index contributed by atoms with van der Waals surface area (Å²) in [5.74, 6) is 0.556. The van der Waals surface area contributed by atoms with Crippen LogP contribution in [0.4, 0.5) is 0 Å². The van der Waals surface area contributed by atoms with Gasteiger partial charge in [0.25, 0.3) is 0 Å². The highest BCUT2D eigenvalue weighted by molar-refractivity contribution is 7.80. The average Bonchev–Trinajstić information content (AvgIpc) is 2.29. The number of hydrazone groups is 1. The zero-order chi connectivity index (χ0) is 12.0. The number of nitrogens with one attached hydrogen (secondary N) is 2. The van der Waals surface area contributed by atoms with Gasteiger partial charge in [0.05, 0.1) is 6.21 Å². The highest BCUT2D eigenvalue weighted by atomic mass is 32.1. The van der Waals surface area contributed by atoms with Crippen LogP contribution in [0.5, 0.6) is 0 Å². The number of thiocarbonyl (C=S) groups is 1. The quantitative estimate of drug-likeness (QED) is 0.479. The minimum absolute atomic E-state index is 0.509. The van der Waals surface area contributed by atoms with E-state index in [2.05, 4.69) is 41.8 Å². The monoisotopic (exact) mass is 235 g/mol. The van der Waals surface area contributed by atoms with E-state index in [0.29, 0.717) is 11.0 Å². The summed E-state index contributed by atoms with van der Waals surface area (Å²) in [4.78, 5) is 0. The smallest absolute Gasteiger partial charge is 0.186 e. The van der Waals surface area contributed by atoms with Crippen LogP contribution in [0.3, 0.4) is 0 Å². The van der Waals surface area contributed by atoms with Crippen LogP contribution in [-0.4, -0.2) is 18.4 Å². The molecule has 1 aromatic rings. The minimum Gasteiger partial charge on any atom is -0.364 e. The van der Waals surface area contributed by atoms with E-state index in [9.17, 15) is 0 Å². The maximum absolute atomic E-state index is 4.89. The molecule has 0 aliphatic carbocycles. The lowest BCUT2D eigenvalue weighted by Crippen LogP contribution is -2.28. The topological polar surface area (TPSA) is 36.4 Å². The van der Waals surface area contributed by atoms with E-state index in [-0.39, 0.29) is 0 Å². The van der Waals surface area contributed by atoms with E-state index in [4.69, 9.17) is 12.2 Å². The van der Waals surface area contributed by atoms with Crippen LogP contribution >= 0.6 is 12.2 Å². The van der Waals surface area contributed by atoms with Gasteiger partial charge in [-0.05, 0) is 29.3 Å². The van der Waals surface area contributed by atoms with Gasteiger partial charge in [-0.1, -0.05) is 38.1 Å². The van der Waals surface area contributed by atoms with Crippen molar-refractivity contribution in [1.82, 2.24) is 10.7 Å². The van der Waals surface area contributed by atoms with E-state index in [0.717, 1.165) is 5.56 Å². The molecule has 1 rings (SSSR count). The van der Waals surface area contributed by atoms with Gasteiger partial charge >= 0.3 is 0 Å². The first-order valence-corrected chi connectivity index (χ1v) is 5.65. The molecule has 0 fully saturated rings. The zero-order valence-corrected chi connectivity index (χ0v) is 10.6. The van der Waals surface area contributed by atoms with Gasteiger partial charge in [-0.3, -0.25) is 5.43 Å². The summed E-state index contributed by atoms with van der Waals surface area (Å²) < 4.78 is 0. The highest BCUT2D eigenvalue weighted by Gasteiger charge is 1.97. The first-order valence-electron chi connectivity index (χ1n) is 5.24. The van der Waals surface area contributed by atoms with E-state index in [1.807, 2.05) is 12.1 Å². The van der Waals surface area contributed by atoms with Crippen LogP contribution in [0, 0.1) is 0 Å². The van der Waals surface area contributed by atoms with E-state index < -0.39 is 0 Å². The van der Waals surface area contributed by atoms with Crippen molar-refractivity contribution in [3.63, 3.8) is 0 Å². The molecule has 86 valence electrons. The maximum Gasteiger partial charge on any atom is 0.186 e. The predicted octanol–water partition coefficient (Wildman–Crippen LogP) is 2.24. The normalized spacial score (nSPS) is 10.8. The summed E-state index contributed by atoms with van der Waals surface area (Å²) in [6.07, 6.45) is 1.74. The molecule has 0 amide bonds. The molecular weight excluding hydrogens is 218 g/mol. The average molecular weight is 235 g/mol. The Morgan fingerprint density at radius 2 is 1.94 bits per heavy atom. The third-order valence-electron chi connectivity index (χ3n) is 2.21. The largest absolute Gasteiger partial charge is 0.364 e. The molecule has 0 aliphatic rings. The summed E-state index contributed by atoms with van der Waals surface area (Å²) in [6, 6.07) is 8.32. The summed E-state index contributed by atoms with van der Waals surface area (Å²) in [5, 5.41) is 7.30. The molecule has 0 bridgehead atoms. The second kappa shape index (κ2) is 6.23. The fraction of sp³-hybridized carbons (Fsp3) is 0.333. The number of rotatable bonds is 3. The molecule has 4 heteroatoms. The highest BCUT2D eigenvalue weighted by Crippen LogP contribution is 2.13. The van der Waals surface area contributed by atoms with Crippen molar-refractivity contribution in [3.8, 4) is 0 Å². The molecule has 16 heavy (non-hydrogen) atoms. The molecule has 0 unspecified atom stereocenters. The summed E-state index contributed by atoms with van der Waals surface area (Å²) in [6.45, 7) is 4.35. The molecule has 0 atom stereocenters. The Balaban J connectivity index is 2.58. The van der Waals surface area contributed by atoms with Gasteiger partial charge in [-0.15, -0.1) is 0 Å². The fourth-order valence-electron chi connectivity index (χ4n) is 1.19. The molecule has 3 nitrogen and oxygen atoms in total. The lowest BCUT2D eigenvalue weighted by molar-refractivity contribution is 0.866. The van der Waals surface area contributed by atoms with Gasteiger partial charge in [-0.25, -0.2) is 0 Å². The summed E-state index contributed by atoms with van der Waals surface area (Å²) in [5.41, 5.74) is 5.09. The van der Waals surface area contributed by atoms with Gasteiger partial charge < -0.3 is 5.32 Å². The lowest BCUT2D eigenvalue weighted by Gasteiger charge is -2.04. The van der Waals surface area contributed by atoms with Gasteiger partial charge in [0.1, 0.15) is 0 Å². The Bertz CT molecular complexity index is 368. The van der Waals surface area contributed by atoms with Gasteiger partial charge in [-0.2, -0.15) is 5.10 Å². The van der Waals surface area contributed by atoms with Crippen LogP contribution in [-0.2, 0) is 0 Å². The Labute approximate surface area is 102 Å². The summed E-state index contributed by atoms with van der Waals surface area (Å²) >= 11 is 4.89. The van der Waals surface area contributed by atoms with Gasteiger partial charge in [0.15, 0.2) is 5.11 Å². The standard InChI is InChI=1S/C12H17N3S/c1-9(2)11-6-4-10(5-7-11)8-14-15-12(16)13-3/h4-9H,1-3H3,(H2,13,15,16)/b14-8-. The molecule has 0 aromatic heterocycles. The van der Waals surface area contributed by atoms with Crippen molar-refractivity contribution >= 4 is 23.5 Å². The predicted molar refractivity (Wildman–Crippen MR) is 72.9 cm³/mol. The Morgan fingerprint density at radius 1 is 1.31 bits per heavy atom. The van der Waals surface area contributed by atoms with Crippen molar-refractivity contribution in [2.24, 2.45) is 5.10 Å².